The van der Waals surface area contributed by atoms with E-state index in [0.29, 0.717) is 44.9 Å². The lowest BCUT2D eigenvalue weighted by Crippen LogP contribution is -2.61. The van der Waals surface area contributed by atoms with E-state index in [1.54, 1.807) is 6.07 Å². The third-order valence-corrected chi connectivity index (χ3v) is 8.82. The molecule has 8 nitrogen and oxygen atoms in total. The van der Waals surface area contributed by atoms with Crippen molar-refractivity contribution in [2.45, 2.75) is 51.9 Å². The van der Waals surface area contributed by atoms with E-state index < -0.39 is 11.4 Å². The van der Waals surface area contributed by atoms with Crippen LogP contribution in [0, 0.1) is 11.2 Å². The second-order valence-corrected chi connectivity index (χ2v) is 12.1. The van der Waals surface area contributed by atoms with Gasteiger partial charge in [-0.2, -0.15) is 0 Å². The summed E-state index contributed by atoms with van der Waals surface area (Å²) in [4.78, 5) is 22.0. The number of halogens is 1. The molecule has 226 valence electrons. The molecule has 3 aromatic rings. The number of piperidine rings is 1. The first-order valence-corrected chi connectivity index (χ1v) is 14.9. The lowest BCUT2D eigenvalue weighted by atomic mass is 9.80. The van der Waals surface area contributed by atoms with Gasteiger partial charge in [0.2, 0.25) is 0 Å². The molecular weight excluding hydrogens is 549 g/mol. The Morgan fingerprint density at radius 3 is 2.37 bits per heavy atom. The van der Waals surface area contributed by atoms with Crippen LogP contribution in [0.1, 0.15) is 44.2 Å². The number of likely N-dealkylation sites (tertiary alicyclic amines) is 2. The van der Waals surface area contributed by atoms with Crippen molar-refractivity contribution in [1.82, 2.24) is 9.80 Å². The quantitative estimate of drug-likeness (QED) is 0.332. The molecule has 1 spiro atoms. The molecular formula is C34H38FN3O5. The highest BCUT2D eigenvalue weighted by molar-refractivity contribution is 5.85. The first-order valence-electron chi connectivity index (χ1n) is 14.9. The molecule has 6 rings (SSSR count). The molecule has 0 saturated carbocycles. The molecule has 9 heteroatoms. The number of carboxylic acids is 1. The molecule has 3 aliphatic heterocycles. The average Bonchev–Trinajstić information content (AvgIpc) is 3.43. The summed E-state index contributed by atoms with van der Waals surface area (Å²) in [6.07, 6.45) is 1.96. The van der Waals surface area contributed by atoms with Gasteiger partial charge in [-0.1, -0.05) is 47.6 Å². The Bertz CT molecular complexity index is 1500. The van der Waals surface area contributed by atoms with Gasteiger partial charge in [-0.05, 0) is 56.0 Å². The summed E-state index contributed by atoms with van der Waals surface area (Å²) in [5, 5.41) is 13.9. The zero-order valence-electron chi connectivity index (χ0n) is 24.7. The van der Waals surface area contributed by atoms with Crippen molar-refractivity contribution in [1.29, 1.82) is 0 Å². The maximum Gasteiger partial charge on any atom is 0.309 e. The Labute approximate surface area is 251 Å². The Balaban J connectivity index is 1.09. The largest absolute Gasteiger partial charge is 0.493 e. The van der Waals surface area contributed by atoms with Gasteiger partial charge in [0, 0.05) is 49.9 Å². The van der Waals surface area contributed by atoms with Crippen molar-refractivity contribution in [3.05, 3.63) is 83.7 Å². The molecule has 1 N–H and O–H groups in total. The molecule has 0 unspecified atom stereocenters. The molecule has 0 aliphatic carbocycles. The molecule has 3 heterocycles. The second kappa shape index (κ2) is 11.9. The average molecular weight is 588 g/mol. The van der Waals surface area contributed by atoms with Gasteiger partial charge in [0.25, 0.3) is 0 Å². The van der Waals surface area contributed by atoms with Gasteiger partial charge in [0.15, 0.2) is 5.60 Å². The van der Waals surface area contributed by atoms with E-state index in [1.165, 1.54) is 12.1 Å². The number of aliphatic carboxylic acids is 1. The van der Waals surface area contributed by atoms with Crippen LogP contribution in [-0.4, -0.2) is 65.1 Å². The minimum Gasteiger partial charge on any atom is -0.493 e. The number of rotatable bonds is 9. The fourth-order valence-corrected chi connectivity index (χ4v) is 6.19. The Kier molecular flexibility index (Phi) is 8.01. The lowest BCUT2D eigenvalue weighted by molar-refractivity contribution is -0.150. The van der Waals surface area contributed by atoms with Gasteiger partial charge >= 0.3 is 5.97 Å². The van der Waals surface area contributed by atoms with Gasteiger partial charge in [-0.25, -0.2) is 4.39 Å². The Morgan fingerprint density at radius 1 is 0.977 bits per heavy atom. The molecule has 0 radical (unpaired) electrons. The van der Waals surface area contributed by atoms with Crippen LogP contribution in [0.3, 0.4) is 0 Å². The van der Waals surface area contributed by atoms with Gasteiger partial charge in [0.1, 0.15) is 29.8 Å². The van der Waals surface area contributed by atoms with E-state index >= 15 is 0 Å². The molecule has 0 aromatic heterocycles. The number of benzene rings is 3. The van der Waals surface area contributed by atoms with Crippen LogP contribution in [0.2, 0.25) is 0 Å². The standard InChI is InChI=1S/C34H38FN3O5/c1-3-41-29-17-25(9-11-27(29)28-12-10-26(35)18-30(28)42-21-24-7-5-4-6-8-24)20-37-22-34(23-37)19-31(36-43-34)38-15-13-33(2,14-16-38)32(39)40/h4-12,17-18H,3,13-16,19-23H2,1-2H3,(H,39,40). The number of oxime groups is 1. The number of carboxylic acid groups (broad SMARTS) is 1. The van der Waals surface area contributed by atoms with Gasteiger partial charge < -0.3 is 24.3 Å². The van der Waals surface area contributed by atoms with Crippen molar-refractivity contribution < 1.29 is 28.6 Å². The van der Waals surface area contributed by atoms with Crippen molar-refractivity contribution in [2.24, 2.45) is 10.6 Å². The molecule has 0 atom stereocenters. The van der Waals surface area contributed by atoms with E-state index in [-0.39, 0.29) is 11.4 Å². The number of amidine groups is 1. The number of ether oxygens (including phenoxy) is 2. The number of carbonyl (C=O) groups is 1. The summed E-state index contributed by atoms with van der Waals surface area (Å²) in [6.45, 7) is 8.25. The molecule has 2 saturated heterocycles. The van der Waals surface area contributed by atoms with Gasteiger partial charge in [-0.3, -0.25) is 9.69 Å². The van der Waals surface area contributed by atoms with Crippen LogP contribution < -0.4 is 9.47 Å². The third-order valence-electron chi connectivity index (χ3n) is 8.82. The zero-order chi connectivity index (χ0) is 30.0. The summed E-state index contributed by atoms with van der Waals surface area (Å²) in [6, 6.07) is 20.6. The van der Waals surface area contributed by atoms with Crippen LogP contribution in [0.5, 0.6) is 11.5 Å². The maximum atomic E-state index is 14.2. The van der Waals surface area contributed by atoms with Gasteiger partial charge in [-0.15, -0.1) is 0 Å². The van der Waals surface area contributed by atoms with E-state index in [9.17, 15) is 14.3 Å². The first-order chi connectivity index (χ1) is 20.8. The number of nitrogens with zero attached hydrogens (tertiary/aromatic N) is 3. The fourth-order valence-electron chi connectivity index (χ4n) is 6.19. The van der Waals surface area contributed by atoms with E-state index in [4.69, 9.17) is 14.3 Å². The summed E-state index contributed by atoms with van der Waals surface area (Å²) in [7, 11) is 0. The topological polar surface area (TPSA) is 83.8 Å². The minimum atomic E-state index is -0.724. The van der Waals surface area contributed by atoms with E-state index in [0.717, 1.165) is 59.9 Å². The molecule has 3 aromatic carbocycles. The van der Waals surface area contributed by atoms with Crippen LogP contribution >= 0.6 is 0 Å². The predicted octanol–water partition coefficient (Wildman–Crippen LogP) is 5.95. The normalized spacial score (nSPS) is 19.0. The summed E-state index contributed by atoms with van der Waals surface area (Å²) >= 11 is 0. The Hall–Kier alpha value is -4.11. The van der Waals surface area contributed by atoms with Crippen LogP contribution in [-0.2, 0) is 22.8 Å². The van der Waals surface area contributed by atoms with Crippen molar-refractivity contribution in [3.8, 4) is 22.6 Å². The third kappa shape index (κ3) is 6.18. The highest BCUT2D eigenvalue weighted by atomic mass is 19.1. The van der Waals surface area contributed by atoms with Crippen LogP contribution in [0.15, 0.2) is 71.9 Å². The summed E-state index contributed by atoms with van der Waals surface area (Å²) in [5.41, 5.74) is 2.77. The zero-order valence-corrected chi connectivity index (χ0v) is 24.7. The van der Waals surface area contributed by atoms with E-state index in [2.05, 4.69) is 27.1 Å². The first kappa shape index (κ1) is 29.0. The SMILES string of the molecule is CCOc1cc(CN2CC3(CC(N4CCC(C)(C(=O)O)CC4)=NO3)C2)ccc1-c1ccc(F)cc1OCc1ccccc1. The highest BCUT2D eigenvalue weighted by Gasteiger charge is 2.51. The number of hydrogen-bond donors (Lipinski definition) is 1. The van der Waals surface area contributed by atoms with Crippen molar-refractivity contribution >= 4 is 11.8 Å². The molecule has 0 amide bonds. The second-order valence-electron chi connectivity index (χ2n) is 12.1. The molecule has 0 bridgehead atoms. The summed E-state index contributed by atoms with van der Waals surface area (Å²) < 4.78 is 26.4. The summed E-state index contributed by atoms with van der Waals surface area (Å²) in [5.74, 6) is 1.05. The predicted molar refractivity (Wildman–Crippen MR) is 161 cm³/mol. The Morgan fingerprint density at radius 2 is 1.67 bits per heavy atom. The molecule has 2 fully saturated rings. The van der Waals surface area contributed by atoms with Crippen LogP contribution in [0.4, 0.5) is 4.39 Å². The minimum absolute atomic E-state index is 0.315. The lowest BCUT2D eigenvalue weighted by Gasteiger charge is -2.45. The van der Waals surface area contributed by atoms with E-state index in [1.807, 2.05) is 50.2 Å². The molecule has 43 heavy (non-hydrogen) atoms. The monoisotopic (exact) mass is 587 g/mol. The van der Waals surface area contributed by atoms with Crippen LogP contribution in [0.25, 0.3) is 11.1 Å². The van der Waals surface area contributed by atoms with Crippen molar-refractivity contribution in [2.75, 3.05) is 32.8 Å². The van der Waals surface area contributed by atoms with Gasteiger partial charge in [0.05, 0.1) is 18.4 Å². The molecule has 3 aliphatic rings. The maximum absolute atomic E-state index is 14.2. The highest BCUT2D eigenvalue weighted by Crippen LogP contribution is 2.40. The smallest absolute Gasteiger partial charge is 0.309 e. The van der Waals surface area contributed by atoms with Crippen molar-refractivity contribution in [3.63, 3.8) is 0 Å². The fraction of sp³-hybridized carbons (Fsp3) is 0.412. The number of hydrogen-bond acceptors (Lipinski definition) is 7.